The summed E-state index contributed by atoms with van der Waals surface area (Å²) in [7, 11) is 2.40. The average Bonchev–Trinajstić information content (AvgIpc) is 3.30. The number of halogens is 2. The molecular weight excluding hydrogens is 446 g/mol. The highest BCUT2D eigenvalue weighted by Crippen LogP contribution is 2.51. The maximum atomic E-state index is 13.3. The number of benzene rings is 1. The minimum Gasteiger partial charge on any atom is -1.00 e. The lowest BCUT2D eigenvalue weighted by atomic mass is 10.1. The molecule has 1 unspecified atom stereocenters. The second-order valence-corrected chi connectivity index (χ2v) is 8.12. The van der Waals surface area contributed by atoms with Gasteiger partial charge in [0.05, 0.1) is 36.4 Å². The fourth-order valence-electron chi connectivity index (χ4n) is 4.52. The highest BCUT2D eigenvalue weighted by atomic mass is 127. The first kappa shape index (κ1) is 17.2. The van der Waals surface area contributed by atoms with Gasteiger partial charge in [-0.2, -0.15) is 0 Å². The molecule has 2 aliphatic rings. The standard InChI is InChI=1S/C20H20FN2S.HI/c1-23(11-2-3-12-23)19-17-5-4-10-22(17)18-16(13-24-20(18)19)14-6-8-15(21)9-7-14;/h4-10,13,19H,2-3,11-12H2,1H3;1H/q+1;/p-1. The lowest BCUT2D eigenvalue weighted by Crippen LogP contribution is -3.00. The summed E-state index contributed by atoms with van der Waals surface area (Å²) in [6.45, 7) is 2.50. The smallest absolute Gasteiger partial charge is 0.167 e. The molecule has 2 nitrogen and oxygen atoms in total. The number of quaternary nitrogens is 1. The molecule has 1 aromatic carbocycles. The van der Waals surface area contributed by atoms with Crippen LogP contribution in [0.3, 0.4) is 0 Å². The summed E-state index contributed by atoms with van der Waals surface area (Å²) in [5.74, 6) is -0.180. The molecule has 0 saturated carbocycles. The summed E-state index contributed by atoms with van der Waals surface area (Å²) >= 11 is 1.86. The van der Waals surface area contributed by atoms with E-state index in [1.807, 2.05) is 23.5 Å². The molecule has 0 N–H and O–H groups in total. The van der Waals surface area contributed by atoms with Gasteiger partial charge >= 0.3 is 0 Å². The Kier molecular flexibility index (Phi) is 4.29. The van der Waals surface area contributed by atoms with Crippen molar-refractivity contribution in [3.05, 3.63) is 64.4 Å². The van der Waals surface area contributed by atoms with Gasteiger partial charge in [0.25, 0.3) is 0 Å². The van der Waals surface area contributed by atoms with Gasteiger partial charge in [-0.25, -0.2) is 4.39 Å². The van der Waals surface area contributed by atoms with Gasteiger partial charge in [-0.15, -0.1) is 11.3 Å². The fourth-order valence-corrected chi connectivity index (χ4v) is 5.83. The van der Waals surface area contributed by atoms with Gasteiger partial charge in [-0.1, -0.05) is 12.1 Å². The largest absolute Gasteiger partial charge is 1.00 e. The second-order valence-electron chi connectivity index (χ2n) is 7.21. The lowest BCUT2D eigenvalue weighted by molar-refractivity contribution is -0.921. The molecule has 2 aromatic heterocycles. The maximum Gasteiger partial charge on any atom is 0.167 e. The monoisotopic (exact) mass is 466 g/mol. The molecule has 0 bridgehead atoms. The van der Waals surface area contributed by atoms with E-state index in [1.54, 1.807) is 12.1 Å². The molecule has 3 aromatic rings. The Morgan fingerprint density at radius 3 is 2.56 bits per heavy atom. The quantitative estimate of drug-likeness (QED) is 0.403. The van der Waals surface area contributed by atoms with E-state index in [9.17, 15) is 4.39 Å². The molecule has 5 rings (SSSR count). The van der Waals surface area contributed by atoms with Crippen LogP contribution in [-0.2, 0) is 0 Å². The molecule has 0 amide bonds. The van der Waals surface area contributed by atoms with E-state index in [4.69, 9.17) is 0 Å². The predicted molar refractivity (Wildman–Crippen MR) is 96.0 cm³/mol. The fraction of sp³-hybridized carbons (Fsp3) is 0.300. The lowest BCUT2D eigenvalue weighted by Gasteiger charge is -2.35. The van der Waals surface area contributed by atoms with Crippen molar-refractivity contribution in [2.45, 2.75) is 18.9 Å². The minimum atomic E-state index is -0.180. The summed E-state index contributed by atoms with van der Waals surface area (Å²) in [5.41, 5.74) is 5.03. The summed E-state index contributed by atoms with van der Waals surface area (Å²) in [6, 6.07) is 11.7. The van der Waals surface area contributed by atoms with E-state index in [0.29, 0.717) is 6.04 Å². The molecule has 2 aliphatic heterocycles. The first-order chi connectivity index (χ1) is 11.7. The van der Waals surface area contributed by atoms with Crippen LogP contribution >= 0.6 is 11.3 Å². The van der Waals surface area contributed by atoms with Crippen molar-refractivity contribution in [2.24, 2.45) is 0 Å². The molecule has 0 spiro atoms. The molecule has 4 heterocycles. The van der Waals surface area contributed by atoms with Crippen LogP contribution in [0.15, 0.2) is 48.0 Å². The zero-order valence-corrected chi connectivity index (χ0v) is 17.1. The molecule has 0 aliphatic carbocycles. The zero-order chi connectivity index (χ0) is 16.3. The van der Waals surface area contributed by atoms with Crippen LogP contribution in [0, 0.1) is 5.82 Å². The topological polar surface area (TPSA) is 4.93 Å². The van der Waals surface area contributed by atoms with E-state index in [1.165, 1.54) is 47.8 Å². The Morgan fingerprint density at radius 2 is 1.84 bits per heavy atom. The Balaban J connectivity index is 0.00000157. The van der Waals surface area contributed by atoms with Crippen molar-refractivity contribution >= 4 is 11.3 Å². The number of thiophene rings is 1. The van der Waals surface area contributed by atoms with Crippen LogP contribution in [0.2, 0.25) is 0 Å². The number of hydrogen-bond donors (Lipinski definition) is 0. The molecule has 1 atom stereocenters. The highest BCUT2D eigenvalue weighted by molar-refractivity contribution is 7.11. The predicted octanol–water partition coefficient (Wildman–Crippen LogP) is 1.99. The summed E-state index contributed by atoms with van der Waals surface area (Å²) in [4.78, 5) is 1.47. The molecule has 130 valence electrons. The van der Waals surface area contributed by atoms with Crippen LogP contribution in [0.4, 0.5) is 4.39 Å². The van der Waals surface area contributed by atoms with E-state index in [0.717, 1.165) is 10.0 Å². The van der Waals surface area contributed by atoms with Gasteiger partial charge in [-0.05, 0) is 29.8 Å². The third-order valence-electron chi connectivity index (χ3n) is 5.71. The molecule has 25 heavy (non-hydrogen) atoms. The molecule has 1 saturated heterocycles. The van der Waals surface area contributed by atoms with Crippen molar-refractivity contribution in [1.82, 2.24) is 4.57 Å². The normalized spacial score (nSPS) is 20.2. The van der Waals surface area contributed by atoms with Gasteiger partial charge in [0.1, 0.15) is 5.82 Å². The summed E-state index contributed by atoms with van der Waals surface area (Å²) < 4.78 is 16.8. The Morgan fingerprint density at radius 1 is 1.12 bits per heavy atom. The minimum absolute atomic E-state index is 0. The van der Waals surface area contributed by atoms with Gasteiger partial charge in [0.2, 0.25) is 0 Å². The van der Waals surface area contributed by atoms with Gasteiger partial charge in [0.15, 0.2) is 6.04 Å². The second kappa shape index (κ2) is 6.21. The third kappa shape index (κ3) is 2.51. The van der Waals surface area contributed by atoms with Crippen LogP contribution in [0.1, 0.15) is 29.5 Å². The van der Waals surface area contributed by atoms with Crippen LogP contribution in [0.25, 0.3) is 16.8 Å². The van der Waals surface area contributed by atoms with Gasteiger partial charge < -0.3 is 33.0 Å². The SMILES string of the molecule is C[N+]1(C2c3scc(-c4ccc(F)cc4)c3-n3cccc32)CCCC1.[I-]. The Labute approximate surface area is 168 Å². The van der Waals surface area contributed by atoms with Crippen LogP contribution < -0.4 is 24.0 Å². The molecular formula is C20H20FIN2S. The number of rotatable bonds is 2. The van der Waals surface area contributed by atoms with Crippen LogP contribution in [0.5, 0.6) is 0 Å². The number of hydrogen-bond acceptors (Lipinski definition) is 1. The van der Waals surface area contributed by atoms with Crippen molar-refractivity contribution in [2.75, 3.05) is 20.1 Å². The average molecular weight is 466 g/mol. The van der Waals surface area contributed by atoms with Crippen LogP contribution in [-0.4, -0.2) is 29.2 Å². The maximum absolute atomic E-state index is 13.3. The van der Waals surface area contributed by atoms with E-state index in [-0.39, 0.29) is 29.8 Å². The number of aromatic nitrogens is 1. The molecule has 1 fully saturated rings. The van der Waals surface area contributed by atoms with E-state index >= 15 is 0 Å². The van der Waals surface area contributed by atoms with Crippen molar-refractivity contribution in [3.63, 3.8) is 0 Å². The number of fused-ring (bicyclic) bond motifs is 3. The molecule has 5 heteroatoms. The highest BCUT2D eigenvalue weighted by Gasteiger charge is 2.46. The number of likely N-dealkylation sites (tertiary alicyclic amines) is 1. The Hall–Kier alpha value is -1.18. The summed E-state index contributed by atoms with van der Waals surface area (Å²) in [5, 5.41) is 2.25. The first-order valence-corrected chi connectivity index (χ1v) is 9.44. The van der Waals surface area contributed by atoms with E-state index in [2.05, 4.69) is 35.3 Å². The Bertz CT molecular complexity index is 906. The van der Waals surface area contributed by atoms with Crippen molar-refractivity contribution in [3.8, 4) is 16.8 Å². The van der Waals surface area contributed by atoms with Gasteiger partial charge in [-0.3, -0.25) is 0 Å². The number of nitrogens with zero attached hydrogens (tertiary/aromatic N) is 2. The van der Waals surface area contributed by atoms with Crippen molar-refractivity contribution < 1.29 is 32.9 Å². The van der Waals surface area contributed by atoms with Crippen molar-refractivity contribution in [1.29, 1.82) is 0 Å². The molecule has 0 radical (unpaired) electrons. The first-order valence-electron chi connectivity index (χ1n) is 8.56. The zero-order valence-electron chi connectivity index (χ0n) is 14.1. The van der Waals surface area contributed by atoms with E-state index < -0.39 is 0 Å². The van der Waals surface area contributed by atoms with Gasteiger partial charge in [0, 0.05) is 30.0 Å². The summed E-state index contributed by atoms with van der Waals surface area (Å²) in [6.07, 6.45) is 4.81. The third-order valence-corrected chi connectivity index (χ3v) is 6.73.